The normalized spacial score (nSPS) is 26.8. The summed E-state index contributed by atoms with van der Waals surface area (Å²) in [7, 11) is 0. The van der Waals surface area contributed by atoms with Gasteiger partial charge in [0.1, 0.15) is 6.04 Å². The molecule has 8 heteroatoms. The molecule has 0 spiro atoms. The first-order valence-corrected chi connectivity index (χ1v) is 4.02. The molecular weight excluding hydrogens is 219 g/mol. The van der Waals surface area contributed by atoms with Gasteiger partial charge in [-0.1, -0.05) is 0 Å². The lowest BCUT2D eigenvalue weighted by Crippen LogP contribution is -2.47. The maximum Gasteiger partial charge on any atom is 0.471 e. The van der Waals surface area contributed by atoms with Gasteiger partial charge in [0.05, 0.1) is 6.10 Å². The number of carbonyl (C=O) groups excluding carboxylic acids is 1. The predicted octanol–water partition coefficient (Wildman–Crippen LogP) is -0.405. The van der Waals surface area contributed by atoms with Crippen molar-refractivity contribution in [1.29, 1.82) is 0 Å². The minimum absolute atomic E-state index is 0.132. The highest BCUT2D eigenvalue weighted by Crippen LogP contribution is 2.25. The fourth-order valence-electron chi connectivity index (χ4n) is 1.44. The second kappa shape index (κ2) is 3.69. The van der Waals surface area contributed by atoms with Crippen molar-refractivity contribution in [3.8, 4) is 0 Å². The second-order valence-electron chi connectivity index (χ2n) is 3.20. The number of aliphatic carboxylic acids is 1. The highest BCUT2D eigenvalue weighted by Gasteiger charge is 2.49. The fraction of sp³-hybridized carbons (Fsp3) is 0.714. The van der Waals surface area contributed by atoms with Crippen LogP contribution in [0.15, 0.2) is 0 Å². The third-order valence-electron chi connectivity index (χ3n) is 2.07. The van der Waals surface area contributed by atoms with Gasteiger partial charge in [-0.05, 0) is 0 Å². The quantitative estimate of drug-likeness (QED) is 0.638. The van der Waals surface area contributed by atoms with Crippen LogP contribution in [0.1, 0.15) is 6.42 Å². The lowest BCUT2D eigenvalue weighted by Gasteiger charge is -2.21. The number of carboxylic acids is 1. The number of likely N-dealkylation sites (tertiary alicyclic amines) is 1. The molecule has 0 aromatic carbocycles. The van der Waals surface area contributed by atoms with Gasteiger partial charge in [0.2, 0.25) is 0 Å². The van der Waals surface area contributed by atoms with E-state index in [2.05, 4.69) is 0 Å². The number of carboxylic acid groups (broad SMARTS) is 1. The van der Waals surface area contributed by atoms with E-state index in [0.29, 0.717) is 0 Å². The lowest BCUT2D eigenvalue weighted by molar-refractivity contribution is -0.188. The SMILES string of the molecule is O=C(O)C1CC(O)CN1C(=O)C(F)(F)F. The van der Waals surface area contributed by atoms with E-state index in [-0.39, 0.29) is 11.3 Å². The number of amides is 1. The molecule has 0 radical (unpaired) electrons. The Hall–Kier alpha value is -1.31. The monoisotopic (exact) mass is 227 g/mol. The van der Waals surface area contributed by atoms with E-state index < -0.39 is 36.7 Å². The van der Waals surface area contributed by atoms with Crippen molar-refractivity contribution in [2.45, 2.75) is 24.7 Å². The molecule has 2 unspecified atom stereocenters. The summed E-state index contributed by atoms with van der Waals surface area (Å²) in [6.45, 7) is -0.602. The Morgan fingerprint density at radius 2 is 1.87 bits per heavy atom. The first-order chi connectivity index (χ1) is 6.73. The first kappa shape index (κ1) is 11.8. The van der Waals surface area contributed by atoms with Gasteiger partial charge in [0, 0.05) is 13.0 Å². The Morgan fingerprint density at radius 3 is 2.27 bits per heavy atom. The van der Waals surface area contributed by atoms with Gasteiger partial charge in [0.25, 0.3) is 0 Å². The van der Waals surface area contributed by atoms with Crippen LogP contribution in [0.4, 0.5) is 13.2 Å². The molecule has 86 valence electrons. The maximum atomic E-state index is 12.0. The van der Waals surface area contributed by atoms with E-state index in [1.165, 1.54) is 0 Å². The van der Waals surface area contributed by atoms with Gasteiger partial charge in [0.15, 0.2) is 0 Å². The fourth-order valence-corrected chi connectivity index (χ4v) is 1.44. The highest BCUT2D eigenvalue weighted by atomic mass is 19.4. The maximum absolute atomic E-state index is 12.0. The van der Waals surface area contributed by atoms with Crippen LogP contribution in [0.2, 0.25) is 0 Å². The first-order valence-electron chi connectivity index (χ1n) is 4.02. The average Bonchev–Trinajstić information content (AvgIpc) is 2.44. The molecule has 2 N–H and O–H groups in total. The predicted molar refractivity (Wildman–Crippen MR) is 39.8 cm³/mol. The Balaban J connectivity index is 2.85. The zero-order chi connectivity index (χ0) is 11.8. The molecule has 0 aromatic rings. The number of aliphatic hydroxyl groups is 1. The summed E-state index contributed by atoms with van der Waals surface area (Å²) >= 11 is 0. The molecule has 1 heterocycles. The molecule has 0 bridgehead atoms. The van der Waals surface area contributed by atoms with Gasteiger partial charge < -0.3 is 15.1 Å². The molecule has 1 amide bonds. The van der Waals surface area contributed by atoms with E-state index in [1.807, 2.05) is 0 Å². The van der Waals surface area contributed by atoms with Crippen molar-refractivity contribution in [3.63, 3.8) is 0 Å². The van der Waals surface area contributed by atoms with Gasteiger partial charge >= 0.3 is 18.1 Å². The van der Waals surface area contributed by atoms with Crippen molar-refractivity contribution in [1.82, 2.24) is 4.90 Å². The van der Waals surface area contributed by atoms with E-state index in [9.17, 15) is 22.8 Å². The van der Waals surface area contributed by atoms with Crippen LogP contribution >= 0.6 is 0 Å². The summed E-state index contributed by atoms with van der Waals surface area (Å²) in [6, 6.07) is -1.60. The summed E-state index contributed by atoms with van der Waals surface area (Å²) in [4.78, 5) is 21.4. The van der Waals surface area contributed by atoms with Gasteiger partial charge in [-0.2, -0.15) is 13.2 Å². The number of β-amino-alcohol motifs (C(OH)–C–C–N with tert-alkyl or cyclic N) is 1. The Morgan fingerprint density at radius 1 is 1.33 bits per heavy atom. The number of alkyl halides is 3. The van der Waals surface area contributed by atoms with Crippen molar-refractivity contribution < 1.29 is 33.0 Å². The Kier molecular flexibility index (Phi) is 2.89. The van der Waals surface area contributed by atoms with Gasteiger partial charge in [-0.3, -0.25) is 4.79 Å². The molecule has 1 aliphatic rings. The van der Waals surface area contributed by atoms with Gasteiger partial charge in [-0.25, -0.2) is 4.79 Å². The van der Waals surface area contributed by atoms with Crippen LogP contribution in [0.5, 0.6) is 0 Å². The van der Waals surface area contributed by atoms with Crippen LogP contribution in [0.25, 0.3) is 0 Å². The highest BCUT2D eigenvalue weighted by molar-refractivity contribution is 5.87. The topological polar surface area (TPSA) is 77.8 Å². The number of rotatable bonds is 1. The summed E-state index contributed by atoms with van der Waals surface area (Å²) in [5, 5.41) is 17.6. The third kappa shape index (κ3) is 2.38. The third-order valence-corrected chi connectivity index (χ3v) is 2.07. The smallest absolute Gasteiger partial charge is 0.471 e. The van der Waals surface area contributed by atoms with E-state index in [1.54, 1.807) is 0 Å². The molecule has 0 aromatic heterocycles. The standard InChI is InChI=1S/C7H8F3NO4/c8-7(9,10)6(15)11-2-3(12)1-4(11)5(13)14/h3-4,12H,1-2H2,(H,13,14). The molecule has 0 aliphatic carbocycles. The Bertz CT molecular complexity index is 290. The molecule has 1 saturated heterocycles. The number of halogens is 3. The molecule has 0 saturated carbocycles. The van der Waals surface area contributed by atoms with Crippen LogP contribution in [0, 0.1) is 0 Å². The molecule has 1 fully saturated rings. The van der Waals surface area contributed by atoms with E-state index in [4.69, 9.17) is 10.2 Å². The van der Waals surface area contributed by atoms with E-state index in [0.717, 1.165) is 0 Å². The summed E-state index contributed by atoms with van der Waals surface area (Å²) in [6.07, 6.45) is -6.72. The number of hydrogen-bond acceptors (Lipinski definition) is 3. The van der Waals surface area contributed by atoms with Crippen molar-refractivity contribution in [3.05, 3.63) is 0 Å². The zero-order valence-corrected chi connectivity index (χ0v) is 7.36. The minimum atomic E-state index is -5.11. The second-order valence-corrected chi connectivity index (χ2v) is 3.20. The van der Waals surface area contributed by atoms with Crippen molar-refractivity contribution in [2.24, 2.45) is 0 Å². The Labute approximate surface area is 82.1 Å². The van der Waals surface area contributed by atoms with Crippen molar-refractivity contribution in [2.75, 3.05) is 6.54 Å². The molecule has 15 heavy (non-hydrogen) atoms. The molecular formula is C7H8F3NO4. The number of carbonyl (C=O) groups is 2. The summed E-state index contributed by atoms with van der Waals surface area (Å²) in [5.74, 6) is -3.78. The van der Waals surface area contributed by atoms with Crippen molar-refractivity contribution >= 4 is 11.9 Å². The van der Waals surface area contributed by atoms with Crippen LogP contribution in [0.3, 0.4) is 0 Å². The number of hydrogen-bond donors (Lipinski definition) is 2. The minimum Gasteiger partial charge on any atom is -0.480 e. The molecule has 2 atom stereocenters. The van der Waals surface area contributed by atoms with E-state index >= 15 is 0 Å². The molecule has 1 rings (SSSR count). The number of aliphatic hydroxyl groups excluding tert-OH is 1. The zero-order valence-electron chi connectivity index (χ0n) is 7.36. The average molecular weight is 227 g/mol. The number of nitrogens with zero attached hydrogens (tertiary/aromatic N) is 1. The summed E-state index contributed by atoms with van der Waals surface area (Å²) < 4.78 is 36.0. The van der Waals surface area contributed by atoms with Crippen LogP contribution in [-0.4, -0.2) is 51.9 Å². The van der Waals surface area contributed by atoms with Gasteiger partial charge in [-0.15, -0.1) is 0 Å². The van der Waals surface area contributed by atoms with Crippen LogP contribution < -0.4 is 0 Å². The lowest BCUT2D eigenvalue weighted by atomic mass is 10.2. The van der Waals surface area contributed by atoms with Crippen LogP contribution in [-0.2, 0) is 9.59 Å². The molecule has 5 nitrogen and oxygen atoms in total. The molecule has 1 aliphatic heterocycles. The summed E-state index contributed by atoms with van der Waals surface area (Å²) in [5.41, 5.74) is 0. The largest absolute Gasteiger partial charge is 0.480 e.